The highest BCUT2D eigenvalue weighted by Crippen LogP contribution is 2.32. The molecule has 0 saturated carbocycles. The van der Waals surface area contributed by atoms with E-state index in [1.807, 2.05) is 0 Å². The van der Waals surface area contributed by atoms with Crippen LogP contribution in [0.15, 0.2) is 48.5 Å². The van der Waals surface area contributed by atoms with E-state index in [-0.39, 0.29) is 11.3 Å². The number of nitrogens with zero attached hydrogens (tertiary/aromatic N) is 3. The van der Waals surface area contributed by atoms with E-state index >= 15 is 0 Å². The number of non-ortho nitro benzene ring substituents is 1. The Labute approximate surface area is 167 Å². The van der Waals surface area contributed by atoms with Gasteiger partial charge in [-0.15, -0.1) is 0 Å². The summed E-state index contributed by atoms with van der Waals surface area (Å²) in [7, 11) is 0.514. The van der Waals surface area contributed by atoms with Crippen LogP contribution in [0.5, 0.6) is 5.75 Å². The van der Waals surface area contributed by atoms with Crippen molar-refractivity contribution in [2.24, 2.45) is 0 Å². The second kappa shape index (κ2) is 7.47. The number of rotatable bonds is 5. The first kappa shape index (κ1) is 18.8. The van der Waals surface area contributed by atoms with Gasteiger partial charge in [0.2, 0.25) is 0 Å². The summed E-state index contributed by atoms with van der Waals surface area (Å²) in [6, 6.07) is 12.5. The summed E-state index contributed by atoms with van der Waals surface area (Å²) in [5.74, 6) is 1.33. The predicted octanol–water partition coefficient (Wildman–Crippen LogP) is 2.80. The molecule has 1 atom stereocenters. The molecule has 0 aliphatic carbocycles. The molecule has 1 aliphatic rings. The highest BCUT2D eigenvalue weighted by Gasteiger charge is 2.28. The number of hydrogen-bond acceptors (Lipinski definition) is 6. The van der Waals surface area contributed by atoms with Crippen molar-refractivity contribution in [3.05, 3.63) is 75.5 Å². The number of fused-ring (bicyclic) bond motifs is 1. The minimum atomic E-state index is -1.06. The van der Waals surface area contributed by atoms with Gasteiger partial charge >= 0.3 is 0 Å². The molecular weight excluding hydrogens is 396 g/mol. The largest absolute Gasteiger partial charge is 0.497 e. The summed E-state index contributed by atoms with van der Waals surface area (Å²) in [6.07, 6.45) is 0. The molecule has 4 rings (SSSR count). The minimum Gasteiger partial charge on any atom is -0.497 e. The van der Waals surface area contributed by atoms with Crippen LogP contribution in [0, 0.1) is 10.1 Å². The number of aromatic nitrogens is 2. The summed E-state index contributed by atoms with van der Waals surface area (Å²) in [5, 5.41) is 18.2. The van der Waals surface area contributed by atoms with Crippen molar-refractivity contribution < 1.29 is 18.7 Å². The number of carbonyl (C=O) groups excluding carboxylic acids is 1. The van der Waals surface area contributed by atoms with Crippen molar-refractivity contribution in [1.29, 1.82) is 0 Å². The van der Waals surface area contributed by atoms with Gasteiger partial charge in [-0.2, -0.15) is 5.10 Å². The maximum absolute atomic E-state index is 12.7. The van der Waals surface area contributed by atoms with E-state index in [2.05, 4.69) is 10.4 Å². The molecule has 148 valence electrons. The van der Waals surface area contributed by atoms with Gasteiger partial charge in [0, 0.05) is 34.1 Å². The second-order valence-electron chi connectivity index (χ2n) is 6.37. The highest BCUT2D eigenvalue weighted by molar-refractivity contribution is 7.83. The molecule has 0 radical (unpaired) electrons. The molecule has 1 amide bonds. The zero-order chi connectivity index (χ0) is 20.5. The fourth-order valence-electron chi connectivity index (χ4n) is 3.08. The molecule has 1 aliphatic heterocycles. The Morgan fingerprint density at radius 3 is 2.48 bits per heavy atom. The number of methoxy groups -OCH3 is 1. The SMILES string of the molecule is COc1ccc(-n2nc3c(c2NC(=O)c2ccc([N+](=O)[O-])cc2)C[S@](=O)C3)cc1. The third-order valence-corrected chi connectivity index (χ3v) is 5.77. The van der Waals surface area contributed by atoms with Crippen LogP contribution in [-0.2, 0) is 22.3 Å². The molecule has 0 saturated heterocycles. The Balaban J connectivity index is 1.69. The molecule has 3 aromatic rings. The molecule has 1 aromatic heterocycles. The van der Waals surface area contributed by atoms with Gasteiger partial charge in [0.25, 0.3) is 11.6 Å². The van der Waals surface area contributed by atoms with E-state index in [4.69, 9.17) is 4.74 Å². The van der Waals surface area contributed by atoms with Crippen LogP contribution in [0.2, 0.25) is 0 Å². The van der Waals surface area contributed by atoms with Gasteiger partial charge in [0.1, 0.15) is 11.6 Å². The Morgan fingerprint density at radius 2 is 1.86 bits per heavy atom. The quantitative estimate of drug-likeness (QED) is 0.509. The lowest BCUT2D eigenvalue weighted by Crippen LogP contribution is -2.16. The average molecular weight is 412 g/mol. The fourth-order valence-corrected chi connectivity index (χ4v) is 4.34. The van der Waals surface area contributed by atoms with Crippen molar-refractivity contribution in [3.8, 4) is 11.4 Å². The van der Waals surface area contributed by atoms with E-state index in [0.29, 0.717) is 34.5 Å². The van der Waals surface area contributed by atoms with E-state index < -0.39 is 21.6 Å². The first-order valence-electron chi connectivity index (χ1n) is 8.62. The Kier molecular flexibility index (Phi) is 4.85. The summed E-state index contributed by atoms with van der Waals surface area (Å²) >= 11 is 0. The topological polar surface area (TPSA) is 116 Å². The second-order valence-corrected chi connectivity index (χ2v) is 7.83. The highest BCUT2D eigenvalue weighted by atomic mass is 32.2. The summed E-state index contributed by atoms with van der Waals surface area (Å²) in [4.78, 5) is 23.0. The maximum Gasteiger partial charge on any atom is 0.269 e. The molecule has 0 spiro atoms. The third-order valence-electron chi connectivity index (χ3n) is 4.56. The number of ether oxygens (including phenoxy) is 1. The Morgan fingerprint density at radius 1 is 1.17 bits per heavy atom. The molecule has 10 heteroatoms. The minimum absolute atomic E-state index is 0.0962. The Hall–Kier alpha value is -3.53. The van der Waals surface area contributed by atoms with E-state index in [9.17, 15) is 19.1 Å². The average Bonchev–Trinajstić information content (AvgIpc) is 3.25. The number of nitro benzene ring substituents is 1. The summed E-state index contributed by atoms with van der Waals surface area (Å²) in [6.45, 7) is 0. The molecule has 0 bridgehead atoms. The lowest BCUT2D eigenvalue weighted by atomic mass is 10.2. The standard InChI is InChI=1S/C19H16N4O5S/c1-28-15-8-6-13(7-9-15)22-18(16-10-29(27)11-17(16)21-22)20-19(24)12-2-4-14(5-3-12)23(25)26/h2-9H,10-11H2,1H3,(H,20,24)/t29-/m0/s1. The van der Waals surface area contributed by atoms with Crippen molar-refractivity contribution in [3.63, 3.8) is 0 Å². The number of benzene rings is 2. The zero-order valence-electron chi connectivity index (χ0n) is 15.3. The number of amides is 1. The zero-order valence-corrected chi connectivity index (χ0v) is 16.1. The van der Waals surface area contributed by atoms with Crippen LogP contribution in [0.3, 0.4) is 0 Å². The molecular formula is C19H16N4O5S. The molecule has 0 fully saturated rings. The molecule has 2 heterocycles. The summed E-state index contributed by atoms with van der Waals surface area (Å²) < 4.78 is 18.7. The number of hydrogen-bond donors (Lipinski definition) is 1. The van der Waals surface area contributed by atoms with Gasteiger partial charge in [0.05, 0.1) is 34.9 Å². The first-order chi connectivity index (χ1) is 14.0. The summed E-state index contributed by atoms with van der Waals surface area (Å²) in [5.41, 5.74) is 2.30. The van der Waals surface area contributed by atoms with Crippen LogP contribution < -0.4 is 10.1 Å². The molecule has 2 aromatic carbocycles. The van der Waals surface area contributed by atoms with Gasteiger partial charge in [0.15, 0.2) is 0 Å². The van der Waals surface area contributed by atoms with Crippen molar-refractivity contribution in [1.82, 2.24) is 9.78 Å². The van der Waals surface area contributed by atoms with Crippen LogP contribution in [0.1, 0.15) is 21.6 Å². The van der Waals surface area contributed by atoms with Crippen molar-refractivity contribution >= 4 is 28.2 Å². The smallest absolute Gasteiger partial charge is 0.269 e. The number of carbonyl (C=O) groups is 1. The van der Waals surface area contributed by atoms with Gasteiger partial charge in [-0.1, -0.05) is 0 Å². The monoisotopic (exact) mass is 412 g/mol. The Bertz CT molecular complexity index is 1120. The molecule has 0 unspecified atom stereocenters. The number of nitro groups is 1. The van der Waals surface area contributed by atoms with Gasteiger partial charge in [-0.3, -0.25) is 19.1 Å². The lowest BCUT2D eigenvalue weighted by molar-refractivity contribution is -0.384. The van der Waals surface area contributed by atoms with Crippen LogP contribution in [0.25, 0.3) is 5.69 Å². The van der Waals surface area contributed by atoms with Crippen LogP contribution in [-0.4, -0.2) is 31.9 Å². The van der Waals surface area contributed by atoms with Gasteiger partial charge in [-0.25, -0.2) is 4.68 Å². The number of nitrogens with one attached hydrogen (secondary N) is 1. The van der Waals surface area contributed by atoms with Crippen molar-refractivity contribution in [2.75, 3.05) is 12.4 Å². The van der Waals surface area contributed by atoms with Crippen molar-refractivity contribution in [2.45, 2.75) is 11.5 Å². The molecule has 1 N–H and O–H groups in total. The molecule has 29 heavy (non-hydrogen) atoms. The fraction of sp³-hybridized carbons (Fsp3) is 0.158. The third kappa shape index (κ3) is 3.61. The predicted molar refractivity (Wildman–Crippen MR) is 107 cm³/mol. The van der Waals surface area contributed by atoms with Crippen LogP contribution >= 0.6 is 0 Å². The van der Waals surface area contributed by atoms with Crippen LogP contribution in [0.4, 0.5) is 11.5 Å². The van der Waals surface area contributed by atoms with E-state index in [0.717, 1.165) is 5.56 Å². The van der Waals surface area contributed by atoms with Gasteiger partial charge < -0.3 is 10.1 Å². The first-order valence-corrected chi connectivity index (χ1v) is 10.1. The number of anilines is 1. The normalized spacial score (nSPS) is 15.0. The van der Waals surface area contributed by atoms with E-state index in [1.54, 1.807) is 36.1 Å². The maximum atomic E-state index is 12.7. The van der Waals surface area contributed by atoms with E-state index in [1.165, 1.54) is 24.3 Å². The van der Waals surface area contributed by atoms with Gasteiger partial charge in [-0.05, 0) is 36.4 Å². The lowest BCUT2D eigenvalue weighted by Gasteiger charge is -2.11. The molecule has 9 nitrogen and oxygen atoms in total.